The average molecular weight is 318 g/mol. The SMILES string of the molecule is CC[Si](CC)(CC)N1C(=O)N(c2ccccc2)C(C)(C)C1=O. The predicted molar refractivity (Wildman–Crippen MR) is 92.4 cm³/mol. The van der Waals surface area contributed by atoms with E-state index in [1.54, 1.807) is 9.47 Å². The maximum Gasteiger partial charge on any atom is 0.324 e. The summed E-state index contributed by atoms with van der Waals surface area (Å²) in [6.07, 6.45) is 0. The van der Waals surface area contributed by atoms with Crippen molar-refractivity contribution in [1.82, 2.24) is 4.57 Å². The molecule has 0 aromatic heterocycles. The van der Waals surface area contributed by atoms with E-state index < -0.39 is 13.8 Å². The second kappa shape index (κ2) is 5.87. The van der Waals surface area contributed by atoms with Gasteiger partial charge in [-0.3, -0.25) is 14.3 Å². The number of benzene rings is 1. The van der Waals surface area contributed by atoms with Gasteiger partial charge in [0.15, 0.2) is 8.24 Å². The molecule has 0 aliphatic carbocycles. The third-order valence-corrected chi connectivity index (χ3v) is 10.4. The summed E-state index contributed by atoms with van der Waals surface area (Å²) >= 11 is 0. The number of urea groups is 1. The van der Waals surface area contributed by atoms with Crippen LogP contribution in [0.5, 0.6) is 0 Å². The van der Waals surface area contributed by atoms with Crippen LogP contribution in [0.2, 0.25) is 18.1 Å². The summed E-state index contributed by atoms with van der Waals surface area (Å²) in [5, 5.41) is 0. The van der Waals surface area contributed by atoms with E-state index in [9.17, 15) is 9.59 Å². The minimum Gasteiger partial charge on any atom is -0.291 e. The minimum absolute atomic E-state index is 0.0430. The number of carbonyl (C=O) groups is 2. The highest BCUT2D eigenvalue weighted by Gasteiger charge is 2.57. The van der Waals surface area contributed by atoms with Crippen LogP contribution in [0.15, 0.2) is 30.3 Å². The zero-order valence-electron chi connectivity index (χ0n) is 14.2. The molecule has 4 nitrogen and oxygen atoms in total. The van der Waals surface area contributed by atoms with E-state index in [4.69, 9.17) is 0 Å². The number of hydrogen-bond donors (Lipinski definition) is 0. The summed E-state index contributed by atoms with van der Waals surface area (Å²) in [5.74, 6) is -0.0430. The molecule has 1 aliphatic rings. The van der Waals surface area contributed by atoms with Crippen LogP contribution < -0.4 is 4.90 Å². The number of carbonyl (C=O) groups excluding carboxylic acids is 2. The van der Waals surface area contributed by atoms with Crippen molar-refractivity contribution in [3.05, 3.63) is 30.3 Å². The van der Waals surface area contributed by atoms with E-state index in [2.05, 4.69) is 20.8 Å². The number of imide groups is 1. The molecule has 1 heterocycles. The number of amides is 3. The van der Waals surface area contributed by atoms with Crippen molar-refractivity contribution in [3.63, 3.8) is 0 Å². The van der Waals surface area contributed by atoms with Crippen LogP contribution in [-0.4, -0.2) is 30.3 Å². The Hall–Kier alpha value is -1.62. The van der Waals surface area contributed by atoms with Gasteiger partial charge in [-0.15, -0.1) is 0 Å². The second-order valence-corrected chi connectivity index (χ2v) is 11.5. The normalized spacial score (nSPS) is 18.2. The van der Waals surface area contributed by atoms with Crippen LogP contribution in [0, 0.1) is 0 Å². The zero-order chi connectivity index (χ0) is 16.5. The molecule has 1 aromatic rings. The Morgan fingerprint density at radius 2 is 1.45 bits per heavy atom. The van der Waals surface area contributed by atoms with Crippen molar-refractivity contribution in [2.75, 3.05) is 4.90 Å². The molecule has 120 valence electrons. The van der Waals surface area contributed by atoms with E-state index >= 15 is 0 Å². The number of rotatable bonds is 5. The molecule has 1 aliphatic heterocycles. The molecule has 2 rings (SSSR count). The summed E-state index contributed by atoms with van der Waals surface area (Å²) in [7, 11) is -2.08. The molecule has 0 unspecified atom stereocenters. The van der Waals surface area contributed by atoms with Crippen molar-refractivity contribution in [1.29, 1.82) is 0 Å². The summed E-state index contributed by atoms with van der Waals surface area (Å²) in [4.78, 5) is 27.8. The van der Waals surface area contributed by atoms with Crippen molar-refractivity contribution in [2.24, 2.45) is 0 Å². The first kappa shape index (κ1) is 16.7. The second-order valence-electron chi connectivity index (χ2n) is 6.44. The summed E-state index contributed by atoms with van der Waals surface area (Å²) in [5.41, 5.74) is -0.0320. The molecule has 0 N–H and O–H groups in total. The van der Waals surface area contributed by atoms with Crippen molar-refractivity contribution >= 4 is 25.9 Å². The third kappa shape index (κ3) is 2.28. The Bertz CT molecular complexity index is 559. The monoisotopic (exact) mass is 318 g/mol. The van der Waals surface area contributed by atoms with Gasteiger partial charge in [0.2, 0.25) is 5.91 Å². The van der Waals surface area contributed by atoms with Crippen LogP contribution >= 0.6 is 0 Å². The Balaban J connectivity index is 2.54. The molecule has 0 bridgehead atoms. The first-order valence-corrected chi connectivity index (χ1v) is 10.7. The maximum absolute atomic E-state index is 13.1. The molecule has 0 saturated carbocycles. The van der Waals surface area contributed by atoms with Gasteiger partial charge in [0.1, 0.15) is 5.54 Å². The first-order chi connectivity index (χ1) is 10.4. The number of hydrogen-bond acceptors (Lipinski definition) is 2. The van der Waals surface area contributed by atoms with Gasteiger partial charge in [0, 0.05) is 5.69 Å². The van der Waals surface area contributed by atoms with Crippen LogP contribution in [0.3, 0.4) is 0 Å². The smallest absolute Gasteiger partial charge is 0.291 e. The van der Waals surface area contributed by atoms with Gasteiger partial charge in [0.05, 0.1) is 0 Å². The quantitative estimate of drug-likeness (QED) is 0.602. The van der Waals surface area contributed by atoms with E-state index in [1.807, 2.05) is 44.2 Å². The first-order valence-electron chi connectivity index (χ1n) is 8.09. The summed E-state index contributed by atoms with van der Waals surface area (Å²) < 4.78 is 1.65. The molecule has 3 amide bonds. The van der Waals surface area contributed by atoms with Gasteiger partial charge in [0.25, 0.3) is 0 Å². The molecule has 22 heavy (non-hydrogen) atoms. The van der Waals surface area contributed by atoms with Gasteiger partial charge in [-0.1, -0.05) is 39.0 Å². The van der Waals surface area contributed by atoms with Gasteiger partial charge >= 0.3 is 6.03 Å². The minimum atomic E-state index is -2.08. The lowest BCUT2D eigenvalue weighted by atomic mass is 10.0. The van der Waals surface area contributed by atoms with E-state index in [0.717, 1.165) is 23.8 Å². The maximum atomic E-state index is 13.1. The van der Waals surface area contributed by atoms with Gasteiger partial charge in [-0.25, -0.2) is 4.79 Å². The lowest BCUT2D eigenvalue weighted by molar-refractivity contribution is -0.127. The lowest BCUT2D eigenvalue weighted by Gasteiger charge is -2.36. The van der Waals surface area contributed by atoms with Crippen LogP contribution in [0.1, 0.15) is 34.6 Å². The number of anilines is 1. The Kier molecular flexibility index (Phi) is 4.47. The lowest BCUT2D eigenvalue weighted by Crippen LogP contribution is -2.56. The van der Waals surface area contributed by atoms with E-state index in [1.165, 1.54) is 0 Å². The van der Waals surface area contributed by atoms with Crippen molar-refractivity contribution in [3.8, 4) is 0 Å². The molecule has 5 heteroatoms. The summed E-state index contributed by atoms with van der Waals surface area (Å²) in [6.45, 7) is 10.0. The fraction of sp³-hybridized carbons (Fsp3) is 0.529. The van der Waals surface area contributed by atoms with Crippen LogP contribution in [0.25, 0.3) is 0 Å². The zero-order valence-corrected chi connectivity index (χ0v) is 15.2. The molecule has 1 fully saturated rings. The van der Waals surface area contributed by atoms with E-state index in [-0.39, 0.29) is 11.9 Å². The molecular weight excluding hydrogens is 292 g/mol. The molecule has 1 aromatic carbocycles. The third-order valence-electron chi connectivity index (χ3n) is 5.13. The summed E-state index contributed by atoms with van der Waals surface area (Å²) in [6, 6.07) is 12.1. The van der Waals surface area contributed by atoms with Crippen molar-refractivity contribution in [2.45, 2.75) is 58.3 Å². The Morgan fingerprint density at radius 3 is 1.91 bits per heavy atom. The highest BCUT2D eigenvalue weighted by atomic mass is 28.3. The van der Waals surface area contributed by atoms with Crippen molar-refractivity contribution < 1.29 is 9.59 Å². The molecule has 0 radical (unpaired) electrons. The largest absolute Gasteiger partial charge is 0.324 e. The number of para-hydroxylation sites is 1. The Morgan fingerprint density at radius 1 is 0.955 bits per heavy atom. The van der Waals surface area contributed by atoms with Crippen LogP contribution in [-0.2, 0) is 4.79 Å². The fourth-order valence-corrected chi connectivity index (χ4v) is 7.11. The van der Waals surface area contributed by atoms with Gasteiger partial charge < -0.3 is 0 Å². The van der Waals surface area contributed by atoms with Gasteiger partial charge in [-0.2, -0.15) is 0 Å². The topological polar surface area (TPSA) is 40.6 Å². The molecule has 1 saturated heterocycles. The predicted octanol–water partition coefficient (Wildman–Crippen LogP) is 4.24. The molecular formula is C17H26N2O2Si. The molecule has 0 atom stereocenters. The highest BCUT2D eigenvalue weighted by molar-refractivity contribution is 6.82. The number of nitrogens with zero attached hydrogens (tertiary/aromatic N) is 2. The Labute approximate surface area is 134 Å². The van der Waals surface area contributed by atoms with E-state index in [0.29, 0.717) is 0 Å². The highest BCUT2D eigenvalue weighted by Crippen LogP contribution is 2.38. The molecule has 0 spiro atoms. The fourth-order valence-electron chi connectivity index (χ4n) is 3.45. The standard InChI is InChI=1S/C17H26N2O2Si/c1-6-22(7-2,8-3)19-15(20)17(4,5)18(16(19)21)14-12-10-9-11-13-14/h9-13H,6-8H2,1-5H3. The van der Waals surface area contributed by atoms with Crippen LogP contribution in [0.4, 0.5) is 10.5 Å². The average Bonchev–Trinajstić information content (AvgIpc) is 2.70. The van der Waals surface area contributed by atoms with Gasteiger partial charge in [-0.05, 0) is 44.1 Å².